The molecule has 1 aliphatic heterocycles. The van der Waals surface area contributed by atoms with Gasteiger partial charge in [-0.05, 0) is 33.1 Å². The lowest BCUT2D eigenvalue weighted by molar-refractivity contribution is -0.0571. The van der Waals surface area contributed by atoms with Gasteiger partial charge in [0.15, 0.2) is 0 Å². The Morgan fingerprint density at radius 3 is 2.00 bits per heavy atom. The third-order valence-corrected chi connectivity index (χ3v) is 3.56. The van der Waals surface area contributed by atoms with Gasteiger partial charge < -0.3 is 0 Å². The van der Waals surface area contributed by atoms with E-state index in [1.807, 2.05) is 0 Å². The lowest BCUT2D eigenvalue weighted by Crippen LogP contribution is -2.62. The molecule has 1 heterocycles. The topological polar surface area (TPSA) is 3.24 Å². The Hall–Kier alpha value is -0.0400. The highest BCUT2D eigenvalue weighted by molar-refractivity contribution is 4.95. The van der Waals surface area contributed by atoms with E-state index < -0.39 is 0 Å². The zero-order valence-electron chi connectivity index (χ0n) is 8.46. The first-order valence-corrected chi connectivity index (χ1v) is 4.87. The Bertz CT molecular complexity index is 117. The Morgan fingerprint density at radius 1 is 1.18 bits per heavy atom. The van der Waals surface area contributed by atoms with Gasteiger partial charge in [0.25, 0.3) is 0 Å². The molecule has 0 amide bonds. The number of hydrogen-bond acceptors (Lipinski definition) is 1. The standard InChI is InChI=1S/C10H21N/c1-6-7(2)11-9(4)8(3)10(11)5/h7-10H,6H2,1-5H3. The molecule has 3 atom stereocenters. The van der Waals surface area contributed by atoms with Crippen LogP contribution in [0.15, 0.2) is 0 Å². The van der Waals surface area contributed by atoms with Gasteiger partial charge in [0.2, 0.25) is 0 Å². The van der Waals surface area contributed by atoms with E-state index in [4.69, 9.17) is 0 Å². The molecule has 0 spiro atoms. The predicted molar refractivity (Wildman–Crippen MR) is 49.7 cm³/mol. The zero-order chi connectivity index (χ0) is 8.59. The maximum absolute atomic E-state index is 2.63. The second kappa shape index (κ2) is 3.14. The van der Waals surface area contributed by atoms with Crippen LogP contribution < -0.4 is 0 Å². The molecule has 1 fully saturated rings. The van der Waals surface area contributed by atoms with Gasteiger partial charge in [-0.25, -0.2) is 0 Å². The zero-order valence-corrected chi connectivity index (χ0v) is 8.46. The van der Waals surface area contributed by atoms with E-state index in [1.165, 1.54) is 6.42 Å². The Kier molecular flexibility index (Phi) is 2.58. The van der Waals surface area contributed by atoms with Crippen LogP contribution in [0.25, 0.3) is 0 Å². The van der Waals surface area contributed by atoms with E-state index in [0.29, 0.717) is 0 Å². The van der Waals surface area contributed by atoms with Gasteiger partial charge in [-0.1, -0.05) is 13.8 Å². The van der Waals surface area contributed by atoms with Crippen molar-refractivity contribution < 1.29 is 0 Å². The van der Waals surface area contributed by atoms with Gasteiger partial charge in [-0.15, -0.1) is 0 Å². The average molecular weight is 155 g/mol. The maximum Gasteiger partial charge on any atom is 0.0113 e. The fraction of sp³-hybridized carbons (Fsp3) is 1.00. The summed E-state index contributed by atoms with van der Waals surface area (Å²) in [4.78, 5) is 2.63. The molecule has 3 unspecified atom stereocenters. The second-order valence-corrected chi connectivity index (χ2v) is 4.04. The van der Waals surface area contributed by atoms with Crippen LogP contribution in [0.3, 0.4) is 0 Å². The van der Waals surface area contributed by atoms with Crippen molar-refractivity contribution in [3.8, 4) is 0 Å². The molecule has 11 heavy (non-hydrogen) atoms. The van der Waals surface area contributed by atoms with Crippen LogP contribution in [0.1, 0.15) is 41.0 Å². The molecule has 1 rings (SSSR count). The van der Waals surface area contributed by atoms with Gasteiger partial charge in [-0.2, -0.15) is 0 Å². The van der Waals surface area contributed by atoms with Crippen molar-refractivity contribution in [2.24, 2.45) is 5.92 Å². The molecule has 1 nitrogen and oxygen atoms in total. The third-order valence-electron chi connectivity index (χ3n) is 3.56. The second-order valence-electron chi connectivity index (χ2n) is 4.04. The average Bonchev–Trinajstić information content (AvgIpc) is 2.04. The van der Waals surface area contributed by atoms with Crippen LogP contribution >= 0.6 is 0 Å². The van der Waals surface area contributed by atoms with Crippen LogP contribution in [-0.4, -0.2) is 23.0 Å². The molecule has 0 aromatic rings. The number of hydrogen-bond donors (Lipinski definition) is 0. The van der Waals surface area contributed by atoms with E-state index in [1.54, 1.807) is 0 Å². The quantitative estimate of drug-likeness (QED) is 0.592. The molecule has 1 aliphatic rings. The summed E-state index contributed by atoms with van der Waals surface area (Å²) in [7, 11) is 0. The van der Waals surface area contributed by atoms with Crippen LogP contribution in [-0.2, 0) is 0 Å². The van der Waals surface area contributed by atoms with Gasteiger partial charge in [0.1, 0.15) is 0 Å². The fourth-order valence-electron chi connectivity index (χ4n) is 2.23. The van der Waals surface area contributed by atoms with E-state index in [9.17, 15) is 0 Å². The van der Waals surface area contributed by atoms with Gasteiger partial charge >= 0.3 is 0 Å². The van der Waals surface area contributed by atoms with Crippen molar-refractivity contribution in [2.45, 2.75) is 59.2 Å². The lowest BCUT2D eigenvalue weighted by atomic mass is 9.81. The largest absolute Gasteiger partial charge is 0.295 e. The number of likely N-dealkylation sites (tertiary alicyclic amines) is 1. The van der Waals surface area contributed by atoms with Crippen molar-refractivity contribution in [3.63, 3.8) is 0 Å². The first kappa shape index (κ1) is 9.05. The van der Waals surface area contributed by atoms with Crippen LogP contribution in [0, 0.1) is 5.92 Å². The number of rotatable bonds is 2. The Morgan fingerprint density at radius 2 is 1.64 bits per heavy atom. The molecule has 1 saturated heterocycles. The summed E-state index contributed by atoms with van der Waals surface area (Å²) in [5, 5.41) is 0. The minimum Gasteiger partial charge on any atom is -0.295 e. The van der Waals surface area contributed by atoms with E-state index in [0.717, 1.165) is 24.0 Å². The predicted octanol–water partition coefficient (Wildman–Crippen LogP) is 2.51. The first-order chi connectivity index (χ1) is 5.09. The van der Waals surface area contributed by atoms with Gasteiger partial charge in [0.05, 0.1) is 0 Å². The lowest BCUT2D eigenvalue weighted by Gasteiger charge is -2.54. The molecule has 66 valence electrons. The highest BCUT2D eigenvalue weighted by Crippen LogP contribution is 2.34. The molecule has 0 radical (unpaired) electrons. The van der Waals surface area contributed by atoms with Crippen molar-refractivity contribution in [3.05, 3.63) is 0 Å². The fourth-order valence-corrected chi connectivity index (χ4v) is 2.23. The summed E-state index contributed by atoms with van der Waals surface area (Å²) in [5.41, 5.74) is 0. The first-order valence-electron chi connectivity index (χ1n) is 4.87. The minimum atomic E-state index is 0.774. The SMILES string of the molecule is CCC(C)N1C(C)C(C)C1C. The summed E-state index contributed by atoms with van der Waals surface area (Å²) in [5.74, 6) is 0.893. The smallest absolute Gasteiger partial charge is 0.0113 e. The van der Waals surface area contributed by atoms with Crippen molar-refractivity contribution >= 4 is 0 Å². The van der Waals surface area contributed by atoms with Gasteiger partial charge in [-0.3, -0.25) is 4.90 Å². The summed E-state index contributed by atoms with van der Waals surface area (Å²) in [6, 6.07) is 2.39. The van der Waals surface area contributed by atoms with Crippen LogP contribution in [0.5, 0.6) is 0 Å². The highest BCUT2D eigenvalue weighted by atomic mass is 15.3. The monoisotopic (exact) mass is 155 g/mol. The normalized spacial score (nSPS) is 41.7. The van der Waals surface area contributed by atoms with Gasteiger partial charge in [0, 0.05) is 18.1 Å². The number of nitrogens with zero attached hydrogens (tertiary/aromatic N) is 1. The molecule has 1 heteroatoms. The molecule has 0 aromatic carbocycles. The highest BCUT2D eigenvalue weighted by Gasteiger charge is 2.41. The van der Waals surface area contributed by atoms with Crippen molar-refractivity contribution in [2.75, 3.05) is 0 Å². The van der Waals surface area contributed by atoms with Crippen molar-refractivity contribution in [1.29, 1.82) is 0 Å². The Labute approximate surface area is 70.8 Å². The summed E-state index contributed by atoms with van der Waals surface area (Å²) >= 11 is 0. The Balaban J connectivity index is 2.48. The summed E-state index contributed by atoms with van der Waals surface area (Å²) < 4.78 is 0. The van der Waals surface area contributed by atoms with E-state index in [-0.39, 0.29) is 0 Å². The maximum atomic E-state index is 2.63. The molecule has 0 aliphatic carbocycles. The minimum absolute atomic E-state index is 0.774. The molecule has 0 N–H and O–H groups in total. The third kappa shape index (κ3) is 1.31. The van der Waals surface area contributed by atoms with E-state index >= 15 is 0 Å². The van der Waals surface area contributed by atoms with Crippen molar-refractivity contribution in [1.82, 2.24) is 4.90 Å². The molecule has 0 aromatic heterocycles. The molecular formula is C10H21N. The molecule has 0 bridgehead atoms. The van der Waals surface area contributed by atoms with Crippen LogP contribution in [0.2, 0.25) is 0 Å². The van der Waals surface area contributed by atoms with Crippen LogP contribution in [0.4, 0.5) is 0 Å². The van der Waals surface area contributed by atoms with E-state index in [2.05, 4.69) is 39.5 Å². The molecular weight excluding hydrogens is 134 g/mol. The summed E-state index contributed by atoms with van der Waals surface area (Å²) in [6.07, 6.45) is 1.28. The molecule has 0 saturated carbocycles. The summed E-state index contributed by atoms with van der Waals surface area (Å²) in [6.45, 7) is 11.6.